The maximum atomic E-state index is 13.8. The molecule has 4 atom stereocenters. The molecule has 3 saturated heterocycles. The van der Waals surface area contributed by atoms with Crippen LogP contribution in [0.5, 0.6) is 0 Å². The van der Waals surface area contributed by atoms with Gasteiger partial charge in [0, 0.05) is 12.7 Å². The van der Waals surface area contributed by atoms with E-state index in [9.17, 15) is 14.4 Å². The fourth-order valence-electron chi connectivity index (χ4n) is 6.61. The number of ether oxygens (including phenoxy) is 2. The van der Waals surface area contributed by atoms with E-state index in [1.54, 1.807) is 12.0 Å². The van der Waals surface area contributed by atoms with Crippen LogP contribution >= 0.6 is 54.0 Å². The molecule has 3 aliphatic heterocycles. The van der Waals surface area contributed by atoms with Crippen LogP contribution in [0.1, 0.15) is 67.3 Å². The number of likely N-dealkylation sites (tertiary alicyclic amines) is 2. The van der Waals surface area contributed by atoms with Gasteiger partial charge in [-0.05, 0) is 74.8 Å². The average molecular weight is 634 g/mol. The van der Waals surface area contributed by atoms with Gasteiger partial charge in [0.2, 0.25) is 5.91 Å². The summed E-state index contributed by atoms with van der Waals surface area (Å²) in [5, 5.41) is 3.06. The Bertz CT molecular complexity index is 971. The van der Waals surface area contributed by atoms with Gasteiger partial charge in [-0.1, -0.05) is 31.9 Å². The number of amides is 2. The fourth-order valence-corrected chi connectivity index (χ4v) is 6.61. The Hall–Kier alpha value is -0.890. The van der Waals surface area contributed by atoms with E-state index >= 15 is 0 Å². The lowest BCUT2D eigenvalue weighted by Crippen LogP contribution is -2.54. The molecular formula is C28H47N3O5S4. The normalized spacial score (nSPS) is 25.6. The van der Waals surface area contributed by atoms with Crippen molar-refractivity contribution < 1.29 is 23.9 Å². The zero-order valence-electron chi connectivity index (χ0n) is 23.5. The van der Waals surface area contributed by atoms with Crippen molar-refractivity contribution in [2.75, 3.05) is 39.9 Å². The lowest BCUT2D eigenvalue weighted by atomic mass is 9.89. The number of piperidine rings is 1. The highest BCUT2D eigenvalue weighted by Gasteiger charge is 2.54. The second kappa shape index (κ2) is 16.7. The van der Waals surface area contributed by atoms with Crippen molar-refractivity contribution >= 4 is 71.6 Å². The molecule has 0 spiro atoms. The molecule has 4 aliphatic rings. The zero-order valence-corrected chi connectivity index (χ0v) is 27.5. The second-order valence-corrected chi connectivity index (χ2v) is 10.8. The molecule has 2 amide bonds. The highest BCUT2D eigenvalue weighted by molar-refractivity contribution is 7.59. The van der Waals surface area contributed by atoms with Gasteiger partial charge in [0.1, 0.15) is 30.9 Å². The Kier molecular flexibility index (Phi) is 15.5. The maximum Gasteiger partial charge on any atom is 0.251 e. The van der Waals surface area contributed by atoms with Crippen LogP contribution in [-0.2, 0) is 19.1 Å². The minimum absolute atomic E-state index is 0. The van der Waals surface area contributed by atoms with Crippen LogP contribution < -0.4 is 5.32 Å². The molecule has 0 radical (unpaired) electrons. The monoisotopic (exact) mass is 633 g/mol. The van der Waals surface area contributed by atoms with Gasteiger partial charge in [0.05, 0.1) is 6.54 Å². The number of methoxy groups -OCH3 is 1. The molecule has 1 aromatic carbocycles. The number of nitrogens with zero attached hydrogens (tertiary/aromatic N) is 2. The van der Waals surface area contributed by atoms with E-state index in [0.29, 0.717) is 18.0 Å². The average Bonchev–Trinajstić information content (AvgIpc) is 3.66. The van der Waals surface area contributed by atoms with Crippen molar-refractivity contribution in [2.45, 2.75) is 75.7 Å². The van der Waals surface area contributed by atoms with Crippen LogP contribution in [0, 0.1) is 5.92 Å². The summed E-state index contributed by atoms with van der Waals surface area (Å²) in [6.07, 6.45) is 5.40. The zero-order chi connectivity index (χ0) is 25.2. The predicted molar refractivity (Wildman–Crippen MR) is 176 cm³/mol. The van der Waals surface area contributed by atoms with E-state index in [-0.39, 0.29) is 90.2 Å². The van der Waals surface area contributed by atoms with Crippen molar-refractivity contribution in [2.24, 2.45) is 5.92 Å². The number of fused-ring (bicyclic) bond motifs is 1. The van der Waals surface area contributed by atoms with Crippen LogP contribution in [0.25, 0.3) is 0 Å². The molecule has 3 heterocycles. The van der Waals surface area contributed by atoms with Crippen LogP contribution in [-0.4, -0.2) is 91.6 Å². The van der Waals surface area contributed by atoms with Crippen LogP contribution in [0.3, 0.4) is 0 Å². The summed E-state index contributed by atoms with van der Waals surface area (Å²) in [6, 6.07) is 6.62. The molecule has 12 heteroatoms. The molecule has 0 unspecified atom stereocenters. The molecule has 1 N–H and O–H groups in total. The summed E-state index contributed by atoms with van der Waals surface area (Å²) < 4.78 is 11.2. The first-order valence-electron chi connectivity index (χ1n) is 13.6. The van der Waals surface area contributed by atoms with Crippen molar-refractivity contribution in [3.8, 4) is 0 Å². The fraction of sp³-hybridized carbons (Fsp3) is 0.679. The van der Waals surface area contributed by atoms with Gasteiger partial charge in [-0.15, -0.1) is 0 Å². The largest absolute Gasteiger partial charge is 0.377 e. The van der Waals surface area contributed by atoms with E-state index < -0.39 is 18.2 Å². The predicted octanol–water partition coefficient (Wildman–Crippen LogP) is 2.82. The molecule has 40 heavy (non-hydrogen) atoms. The first kappa shape index (κ1) is 37.1. The molecule has 1 aliphatic carbocycles. The molecule has 228 valence electrons. The van der Waals surface area contributed by atoms with Gasteiger partial charge in [0.25, 0.3) is 5.91 Å². The van der Waals surface area contributed by atoms with E-state index in [1.807, 2.05) is 12.1 Å². The molecular weight excluding hydrogens is 587 g/mol. The Morgan fingerprint density at radius 2 is 1.65 bits per heavy atom. The number of ketones is 1. The molecule has 0 aromatic heterocycles. The summed E-state index contributed by atoms with van der Waals surface area (Å²) in [5.41, 5.74) is 1.84. The molecule has 8 nitrogen and oxygen atoms in total. The number of benzene rings is 1. The first-order valence-corrected chi connectivity index (χ1v) is 13.6. The van der Waals surface area contributed by atoms with Crippen molar-refractivity contribution in [1.82, 2.24) is 15.1 Å². The minimum Gasteiger partial charge on any atom is -0.377 e. The smallest absolute Gasteiger partial charge is 0.251 e. The summed E-state index contributed by atoms with van der Waals surface area (Å²) in [4.78, 5) is 43.7. The summed E-state index contributed by atoms with van der Waals surface area (Å²) >= 11 is 0. The minimum atomic E-state index is -0.650. The Morgan fingerprint density at radius 1 is 1.02 bits per heavy atom. The molecule has 4 fully saturated rings. The van der Waals surface area contributed by atoms with Gasteiger partial charge < -0.3 is 24.6 Å². The number of Topliss-reactive ketones (excluding diaryl/α,β-unsaturated/α-hetero) is 1. The van der Waals surface area contributed by atoms with E-state index in [4.69, 9.17) is 9.47 Å². The van der Waals surface area contributed by atoms with Gasteiger partial charge in [-0.3, -0.25) is 14.4 Å². The second-order valence-electron chi connectivity index (χ2n) is 10.8. The number of hydrogen-bond acceptors (Lipinski definition) is 6. The number of carbonyl (C=O) groups excluding carboxylic acids is 3. The highest BCUT2D eigenvalue weighted by Crippen LogP contribution is 2.34. The molecule has 1 aromatic rings. The summed E-state index contributed by atoms with van der Waals surface area (Å²) in [5.74, 6) is 0.0797. The third-order valence-corrected chi connectivity index (χ3v) is 8.83. The number of nitrogens with one attached hydrogen (secondary N) is 1. The van der Waals surface area contributed by atoms with E-state index in [1.165, 1.54) is 5.56 Å². The number of rotatable bonds is 7. The van der Waals surface area contributed by atoms with Crippen LogP contribution in [0.2, 0.25) is 0 Å². The van der Waals surface area contributed by atoms with Gasteiger partial charge >= 0.3 is 0 Å². The van der Waals surface area contributed by atoms with Crippen molar-refractivity contribution in [1.29, 1.82) is 0 Å². The maximum absolute atomic E-state index is 13.8. The standard InChI is InChI=1S/C28H39N3O5.4H2S/c1-3-30-14-12-19(13-15-30)18-8-10-21(11-9-18)27(33)29-24(20-6-4-5-7-20)28(34)31-16-23(35-2)26-25(31)22(32)17-36-26;;;;/h8-11,19-20,23-26H,3-7,12-17H2,1-2H3,(H,29,33);4*1H2/t23-,24-,25+,26+;;;;/m0..../s1. The van der Waals surface area contributed by atoms with Gasteiger partial charge in [-0.25, -0.2) is 0 Å². The van der Waals surface area contributed by atoms with E-state index in [0.717, 1.165) is 58.2 Å². The van der Waals surface area contributed by atoms with Crippen molar-refractivity contribution in [3.05, 3.63) is 35.4 Å². The topological polar surface area (TPSA) is 88.2 Å². The Morgan fingerprint density at radius 3 is 2.23 bits per heavy atom. The molecule has 1 saturated carbocycles. The summed E-state index contributed by atoms with van der Waals surface area (Å²) in [7, 11) is 1.58. The number of hydrogen-bond donors (Lipinski definition) is 1. The van der Waals surface area contributed by atoms with E-state index in [2.05, 4.69) is 29.3 Å². The van der Waals surface area contributed by atoms with Crippen molar-refractivity contribution in [3.63, 3.8) is 0 Å². The van der Waals surface area contributed by atoms with Crippen LogP contribution in [0.4, 0.5) is 0 Å². The Labute approximate surface area is 266 Å². The molecule has 5 rings (SSSR count). The molecule has 0 bridgehead atoms. The third kappa shape index (κ3) is 7.73. The third-order valence-electron chi connectivity index (χ3n) is 8.83. The lowest BCUT2D eigenvalue weighted by Gasteiger charge is -2.31. The number of carbonyl (C=O) groups is 3. The van der Waals surface area contributed by atoms with Gasteiger partial charge in [-0.2, -0.15) is 54.0 Å². The van der Waals surface area contributed by atoms with Gasteiger partial charge in [0.15, 0.2) is 5.78 Å². The quantitative estimate of drug-likeness (QED) is 0.497. The lowest BCUT2D eigenvalue weighted by molar-refractivity contribution is -0.139. The van der Waals surface area contributed by atoms with Crippen LogP contribution in [0.15, 0.2) is 24.3 Å². The summed E-state index contributed by atoms with van der Waals surface area (Å²) in [6.45, 7) is 5.84. The SMILES string of the molecule is CCN1CCC(c2ccc(C(=O)N[C@H](C(=O)N3C[C@H](OC)[C@H]4OCC(=O)[C@H]43)C3CCCC3)cc2)CC1.S.S.S.S. The highest BCUT2D eigenvalue weighted by atomic mass is 32.1. The Balaban J connectivity index is 0.00000200. The first-order chi connectivity index (χ1) is 17.5.